The lowest BCUT2D eigenvalue weighted by Crippen LogP contribution is -2.47. The van der Waals surface area contributed by atoms with Crippen LogP contribution in [0.5, 0.6) is 0 Å². The Kier molecular flexibility index (Phi) is 4.74. The number of piperidine rings is 1. The molecule has 114 valence electrons. The zero-order valence-corrected chi connectivity index (χ0v) is 13.5. The van der Waals surface area contributed by atoms with Gasteiger partial charge in [0.2, 0.25) is 0 Å². The van der Waals surface area contributed by atoms with Crippen molar-refractivity contribution in [3.8, 4) is 0 Å². The second-order valence-electron chi connectivity index (χ2n) is 6.66. The molecule has 0 bridgehead atoms. The molecule has 0 aliphatic carbocycles. The van der Waals surface area contributed by atoms with Gasteiger partial charge in [-0.1, -0.05) is 60.7 Å². The molecule has 0 unspecified atom stereocenters. The predicted molar refractivity (Wildman–Crippen MR) is 94.6 cm³/mol. The summed E-state index contributed by atoms with van der Waals surface area (Å²) in [6.07, 6.45) is 6.60. The Hall–Kier alpha value is -1.86. The molecule has 1 saturated heterocycles. The standard InChI is InChI=1S/C21H26N/c1-22(16-9-4-10-17-22)18-15-21(19-11-5-2-6-12-19)20-13-7-3-8-14-20/h2-3,5-8,11-15H,4,9-10,16-18H2,1H3/q+1. The number of rotatable bonds is 4. The Morgan fingerprint density at radius 3 is 1.82 bits per heavy atom. The molecule has 1 nitrogen and oxygen atoms in total. The van der Waals surface area contributed by atoms with Gasteiger partial charge < -0.3 is 4.48 Å². The van der Waals surface area contributed by atoms with Gasteiger partial charge in [-0.25, -0.2) is 0 Å². The minimum Gasteiger partial charge on any atom is -0.323 e. The Balaban J connectivity index is 1.90. The lowest BCUT2D eigenvalue weighted by atomic mass is 9.97. The summed E-state index contributed by atoms with van der Waals surface area (Å²) in [4.78, 5) is 0. The lowest BCUT2D eigenvalue weighted by molar-refractivity contribution is -0.908. The number of likely N-dealkylation sites (N-methyl/N-ethyl adjacent to an activating group) is 1. The van der Waals surface area contributed by atoms with Crippen molar-refractivity contribution in [1.82, 2.24) is 0 Å². The van der Waals surface area contributed by atoms with E-state index in [9.17, 15) is 0 Å². The predicted octanol–water partition coefficient (Wildman–Crippen LogP) is 4.75. The van der Waals surface area contributed by atoms with E-state index < -0.39 is 0 Å². The molecule has 1 heteroatoms. The third-order valence-corrected chi connectivity index (χ3v) is 4.80. The number of benzene rings is 2. The summed E-state index contributed by atoms with van der Waals surface area (Å²) in [6, 6.07) is 21.6. The normalized spacial score (nSPS) is 17.0. The van der Waals surface area contributed by atoms with Crippen molar-refractivity contribution >= 4 is 5.57 Å². The maximum absolute atomic E-state index is 2.45. The molecule has 22 heavy (non-hydrogen) atoms. The quantitative estimate of drug-likeness (QED) is 0.713. The van der Waals surface area contributed by atoms with E-state index in [1.165, 1.54) is 53.5 Å². The second-order valence-corrected chi connectivity index (χ2v) is 6.66. The molecule has 2 aromatic rings. The van der Waals surface area contributed by atoms with Crippen molar-refractivity contribution < 1.29 is 4.48 Å². The zero-order chi connectivity index (χ0) is 15.3. The van der Waals surface area contributed by atoms with Crippen LogP contribution in [0.1, 0.15) is 30.4 Å². The molecule has 0 spiro atoms. The molecule has 0 aromatic heterocycles. The van der Waals surface area contributed by atoms with Crippen LogP contribution in [0, 0.1) is 0 Å². The fourth-order valence-corrected chi connectivity index (χ4v) is 3.41. The average molecular weight is 292 g/mol. The minimum absolute atomic E-state index is 1.12. The van der Waals surface area contributed by atoms with Crippen LogP contribution < -0.4 is 0 Å². The highest BCUT2D eigenvalue weighted by Crippen LogP contribution is 2.24. The highest BCUT2D eigenvalue weighted by molar-refractivity contribution is 5.79. The third kappa shape index (κ3) is 3.66. The molecule has 1 fully saturated rings. The van der Waals surface area contributed by atoms with Crippen LogP contribution in [0.25, 0.3) is 5.57 Å². The summed E-state index contributed by atoms with van der Waals surface area (Å²) in [5.74, 6) is 0. The fraction of sp³-hybridized carbons (Fsp3) is 0.333. The Labute approximate surface area is 134 Å². The number of likely N-dealkylation sites (tertiary alicyclic amines) is 1. The highest BCUT2D eigenvalue weighted by atomic mass is 15.3. The van der Waals surface area contributed by atoms with E-state index >= 15 is 0 Å². The first-order chi connectivity index (χ1) is 10.8. The van der Waals surface area contributed by atoms with Crippen LogP contribution >= 0.6 is 0 Å². The van der Waals surface area contributed by atoms with Gasteiger partial charge in [0.25, 0.3) is 0 Å². The van der Waals surface area contributed by atoms with Gasteiger partial charge in [-0.3, -0.25) is 0 Å². The van der Waals surface area contributed by atoms with Gasteiger partial charge in [0.05, 0.1) is 26.7 Å². The molecule has 0 N–H and O–H groups in total. The van der Waals surface area contributed by atoms with Gasteiger partial charge in [-0.05, 0) is 42.0 Å². The maximum atomic E-state index is 2.45. The van der Waals surface area contributed by atoms with Gasteiger partial charge in [0.1, 0.15) is 0 Å². The van der Waals surface area contributed by atoms with Crippen LogP contribution in [0.4, 0.5) is 0 Å². The van der Waals surface area contributed by atoms with Crippen LogP contribution in [0.2, 0.25) is 0 Å². The Bertz CT molecular complexity index is 565. The summed E-state index contributed by atoms with van der Waals surface area (Å²) in [5.41, 5.74) is 4.00. The fourth-order valence-electron chi connectivity index (χ4n) is 3.41. The average Bonchev–Trinajstić information content (AvgIpc) is 2.58. The first kappa shape index (κ1) is 15.1. The van der Waals surface area contributed by atoms with E-state index in [0.29, 0.717) is 0 Å². The molecule has 0 atom stereocenters. The third-order valence-electron chi connectivity index (χ3n) is 4.80. The van der Waals surface area contributed by atoms with E-state index in [2.05, 4.69) is 73.8 Å². The molecule has 1 aliphatic rings. The SMILES string of the molecule is C[N+]1(CC=C(c2ccccc2)c2ccccc2)CCCCC1. The van der Waals surface area contributed by atoms with Crippen molar-refractivity contribution in [3.05, 3.63) is 77.9 Å². The summed E-state index contributed by atoms with van der Waals surface area (Å²) < 4.78 is 1.18. The first-order valence-electron chi connectivity index (χ1n) is 8.41. The molecule has 1 aliphatic heterocycles. The van der Waals surface area contributed by atoms with Crippen molar-refractivity contribution in [3.63, 3.8) is 0 Å². The molecule has 2 aromatic carbocycles. The van der Waals surface area contributed by atoms with E-state index in [1.54, 1.807) is 0 Å². The van der Waals surface area contributed by atoms with E-state index in [1.807, 2.05) is 0 Å². The van der Waals surface area contributed by atoms with Crippen molar-refractivity contribution in [2.24, 2.45) is 0 Å². The Morgan fingerprint density at radius 1 is 0.818 bits per heavy atom. The van der Waals surface area contributed by atoms with Crippen molar-refractivity contribution in [2.45, 2.75) is 19.3 Å². The summed E-state index contributed by atoms with van der Waals surface area (Å²) in [6.45, 7) is 3.75. The number of hydrogen-bond donors (Lipinski definition) is 0. The lowest BCUT2D eigenvalue weighted by Gasteiger charge is -2.37. The monoisotopic (exact) mass is 292 g/mol. The first-order valence-corrected chi connectivity index (χ1v) is 8.41. The molecule has 0 amide bonds. The maximum Gasteiger partial charge on any atom is 0.0980 e. The zero-order valence-electron chi connectivity index (χ0n) is 13.5. The van der Waals surface area contributed by atoms with Crippen molar-refractivity contribution in [2.75, 3.05) is 26.7 Å². The number of quaternary nitrogens is 1. The second kappa shape index (κ2) is 6.93. The van der Waals surface area contributed by atoms with Gasteiger partial charge in [0, 0.05) is 0 Å². The number of nitrogens with zero attached hydrogens (tertiary/aromatic N) is 1. The number of hydrogen-bond acceptors (Lipinski definition) is 0. The summed E-state index contributed by atoms with van der Waals surface area (Å²) >= 11 is 0. The van der Waals surface area contributed by atoms with E-state index in [4.69, 9.17) is 0 Å². The van der Waals surface area contributed by atoms with Crippen LogP contribution in [0.3, 0.4) is 0 Å². The smallest absolute Gasteiger partial charge is 0.0980 e. The molecule has 1 heterocycles. The van der Waals surface area contributed by atoms with Crippen LogP contribution in [-0.2, 0) is 0 Å². The van der Waals surface area contributed by atoms with Gasteiger partial charge in [-0.15, -0.1) is 0 Å². The Morgan fingerprint density at radius 2 is 1.32 bits per heavy atom. The molecule has 0 radical (unpaired) electrons. The summed E-state index contributed by atoms with van der Waals surface area (Å²) in [5, 5.41) is 0. The van der Waals surface area contributed by atoms with Gasteiger partial charge in [0.15, 0.2) is 0 Å². The van der Waals surface area contributed by atoms with E-state index in [-0.39, 0.29) is 0 Å². The van der Waals surface area contributed by atoms with E-state index in [0.717, 1.165) is 6.54 Å². The minimum atomic E-state index is 1.12. The van der Waals surface area contributed by atoms with Gasteiger partial charge >= 0.3 is 0 Å². The van der Waals surface area contributed by atoms with Gasteiger partial charge in [-0.2, -0.15) is 0 Å². The van der Waals surface area contributed by atoms with Crippen LogP contribution in [0.15, 0.2) is 66.7 Å². The van der Waals surface area contributed by atoms with Crippen molar-refractivity contribution in [1.29, 1.82) is 0 Å². The summed E-state index contributed by atoms with van der Waals surface area (Å²) in [7, 11) is 2.41. The largest absolute Gasteiger partial charge is 0.323 e. The molecule has 3 rings (SSSR count). The molecular formula is C21H26N+. The highest BCUT2D eigenvalue weighted by Gasteiger charge is 2.23. The molecule has 0 saturated carbocycles. The van der Waals surface area contributed by atoms with Crippen LogP contribution in [-0.4, -0.2) is 31.2 Å². The molecular weight excluding hydrogens is 266 g/mol. The topological polar surface area (TPSA) is 0 Å².